The Kier molecular flexibility index (Phi) is 6.19. The lowest BCUT2D eigenvalue weighted by atomic mass is 10.2. The van der Waals surface area contributed by atoms with Gasteiger partial charge in [0.15, 0.2) is 0 Å². The molecular formula is C20H17ClFNO3S. The van der Waals surface area contributed by atoms with E-state index >= 15 is 0 Å². The number of amides is 2. The highest BCUT2D eigenvalue weighted by atomic mass is 35.5. The topological polar surface area (TPSA) is 46.6 Å². The van der Waals surface area contributed by atoms with Crippen LogP contribution < -0.4 is 4.74 Å². The Hall–Kier alpha value is -2.31. The highest BCUT2D eigenvalue weighted by Gasteiger charge is 2.34. The van der Waals surface area contributed by atoms with Crippen LogP contribution in [0.2, 0.25) is 5.02 Å². The Labute approximate surface area is 166 Å². The van der Waals surface area contributed by atoms with Gasteiger partial charge in [0, 0.05) is 12.1 Å². The number of imide groups is 1. The van der Waals surface area contributed by atoms with Crippen molar-refractivity contribution in [2.75, 3.05) is 6.54 Å². The van der Waals surface area contributed by atoms with Gasteiger partial charge in [-0.25, -0.2) is 4.39 Å². The summed E-state index contributed by atoms with van der Waals surface area (Å²) in [6.07, 6.45) is 2.37. The third kappa shape index (κ3) is 4.51. The zero-order chi connectivity index (χ0) is 19.4. The Balaban J connectivity index is 1.74. The Morgan fingerprint density at radius 1 is 1.22 bits per heavy atom. The van der Waals surface area contributed by atoms with Crippen molar-refractivity contribution in [2.24, 2.45) is 0 Å². The monoisotopic (exact) mass is 405 g/mol. The van der Waals surface area contributed by atoms with Gasteiger partial charge in [0.25, 0.3) is 11.1 Å². The normalized spacial score (nSPS) is 15.7. The predicted molar refractivity (Wildman–Crippen MR) is 105 cm³/mol. The number of carbonyl (C=O) groups excluding carboxylic acids is 2. The number of hydrogen-bond donors (Lipinski definition) is 0. The van der Waals surface area contributed by atoms with E-state index < -0.39 is 5.82 Å². The molecule has 0 radical (unpaired) electrons. The molecule has 2 aromatic rings. The van der Waals surface area contributed by atoms with Gasteiger partial charge in [0.2, 0.25) is 0 Å². The van der Waals surface area contributed by atoms with E-state index in [1.807, 2.05) is 6.92 Å². The smallest absolute Gasteiger partial charge is 0.293 e. The highest BCUT2D eigenvalue weighted by molar-refractivity contribution is 8.18. The van der Waals surface area contributed by atoms with E-state index in [0.717, 1.165) is 11.8 Å². The average Bonchev–Trinajstić information content (AvgIpc) is 2.89. The van der Waals surface area contributed by atoms with Gasteiger partial charge in [-0.3, -0.25) is 14.5 Å². The third-order valence-corrected chi connectivity index (χ3v) is 5.18. The summed E-state index contributed by atoms with van der Waals surface area (Å²) in [5, 5.41) is 0.0467. The summed E-state index contributed by atoms with van der Waals surface area (Å²) in [7, 11) is 0. The fraction of sp³-hybridized carbons (Fsp3) is 0.200. The molecule has 140 valence electrons. The lowest BCUT2D eigenvalue weighted by molar-refractivity contribution is -0.122. The lowest BCUT2D eigenvalue weighted by Crippen LogP contribution is -2.28. The van der Waals surface area contributed by atoms with E-state index in [1.54, 1.807) is 36.4 Å². The summed E-state index contributed by atoms with van der Waals surface area (Å²) >= 11 is 6.93. The highest BCUT2D eigenvalue weighted by Crippen LogP contribution is 2.32. The van der Waals surface area contributed by atoms with E-state index in [9.17, 15) is 14.0 Å². The molecule has 0 spiro atoms. The molecule has 2 aromatic carbocycles. The van der Waals surface area contributed by atoms with Gasteiger partial charge in [0.1, 0.15) is 18.2 Å². The molecule has 1 fully saturated rings. The van der Waals surface area contributed by atoms with E-state index in [-0.39, 0.29) is 23.3 Å². The summed E-state index contributed by atoms with van der Waals surface area (Å²) in [6.45, 7) is 2.31. The van der Waals surface area contributed by atoms with Gasteiger partial charge >= 0.3 is 0 Å². The molecule has 1 aliphatic heterocycles. The Morgan fingerprint density at radius 3 is 2.74 bits per heavy atom. The maximum absolute atomic E-state index is 13.8. The SMILES string of the molecule is CCCN1C(=O)S/C(=C/c2cccc(OCc3c(F)cccc3Cl)c2)C1=O. The number of ether oxygens (including phenoxy) is 1. The number of carbonyl (C=O) groups is 2. The quantitative estimate of drug-likeness (QED) is 0.595. The van der Waals surface area contributed by atoms with Crippen LogP contribution in [-0.4, -0.2) is 22.6 Å². The molecule has 27 heavy (non-hydrogen) atoms. The molecule has 1 saturated heterocycles. The minimum atomic E-state index is -0.428. The number of thioether (sulfide) groups is 1. The molecule has 0 bridgehead atoms. The maximum Gasteiger partial charge on any atom is 0.293 e. The van der Waals surface area contributed by atoms with Crippen molar-refractivity contribution in [2.45, 2.75) is 20.0 Å². The Bertz CT molecular complexity index is 896. The van der Waals surface area contributed by atoms with Crippen LogP contribution in [0.3, 0.4) is 0 Å². The molecule has 3 rings (SSSR count). The number of hydrogen-bond acceptors (Lipinski definition) is 4. The van der Waals surface area contributed by atoms with Gasteiger partial charge in [-0.15, -0.1) is 0 Å². The van der Waals surface area contributed by atoms with Crippen LogP contribution in [0, 0.1) is 5.82 Å². The fourth-order valence-corrected chi connectivity index (χ4v) is 3.67. The standard InChI is InChI=1S/C20H17ClFNO3S/c1-2-9-23-19(24)18(27-20(23)25)11-13-5-3-6-14(10-13)26-12-15-16(21)7-4-8-17(15)22/h3-8,10-11H,2,9,12H2,1H3/b18-11+. The van der Waals surface area contributed by atoms with Crippen LogP contribution in [0.1, 0.15) is 24.5 Å². The second-order valence-electron chi connectivity index (χ2n) is 5.89. The molecule has 1 heterocycles. The zero-order valence-electron chi connectivity index (χ0n) is 14.6. The second kappa shape index (κ2) is 8.59. The molecule has 1 aliphatic rings. The lowest BCUT2D eigenvalue weighted by Gasteiger charge is -2.10. The summed E-state index contributed by atoms with van der Waals surface area (Å²) in [5.41, 5.74) is 0.999. The van der Waals surface area contributed by atoms with E-state index in [4.69, 9.17) is 16.3 Å². The molecule has 0 aliphatic carbocycles. The van der Waals surface area contributed by atoms with Crippen molar-refractivity contribution >= 4 is 40.6 Å². The van der Waals surface area contributed by atoms with Crippen molar-refractivity contribution in [1.82, 2.24) is 4.90 Å². The van der Waals surface area contributed by atoms with E-state index in [2.05, 4.69) is 0 Å². The van der Waals surface area contributed by atoms with Gasteiger partial charge < -0.3 is 4.74 Å². The van der Waals surface area contributed by atoms with Crippen LogP contribution in [0.25, 0.3) is 6.08 Å². The molecule has 4 nitrogen and oxygen atoms in total. The van der Waals surface area contributed by atoms with Crippen LogP contribution in [0.5, 0.6) is 5.75 Å². The number of benzene rings is 2. The molecular weight excluding hydrogens is 389 g/mol. The number of rotatable bonds is 6. The van der Waals surface area contributed by atoms with Crippen LogP contribution in [0.15, 0.2) is 47.4 Å². The summed E-state index contributed by atoms with van der Waals surface area (Å²) in [5.74, 6) is -0.199. The van der Waals surface area contributed by atoms with Crippen molar-refractivity contribution in [1.29, 1.82) is 0 Å². The summed E-state index contributed by atoms with van der Waals surface area (Å²) in [4.78, 5) is 25.9. The number of nitrogens with zero attached hydrogens (tertiary/aromatic N) is 1. The second-order valence-corrected chi connectivity index (χ2v) is 7.30. The predicted octanol–water partition coefficient (Wildman–Crippen LogP) is 5.50. The molecule has 0 atom stereocenters. The van der Waals surface area contributed by atoms with E-state index in [0.29, 0.717) is 34.2 Å². The minimum absolute atomic E-state index is 0.0119. The van der Waals surface area contributed by atoms with Crippen LogP contribution in [-0.2, 0) is 11.4 Å². The maximum atomic E-state index is 13.8. The molecule has 7 heteroatoms. The molecule has 0 saturated carbocycles. The average molecular weight is 406 g/mol. The van der Waals surface area contributed by atoms with Crippen LogP contribution >= 0.6 is 23.4 Å². The largest absolute Gasteiger partial charge is 0.489 e. The van der Waals surface area contributed by atoms with Gasteiger partial charge in [-0.1, -0.05) is 36.7 Å². The first-order valence-electron chi connectivity index (χ1n) is 8.40. The summed E-state index contributed by atoms with van der Waals surface area (Å²) in [6, 6.07) is 11.5. The first kappa shape index (κ1) is 19.5. The van der Waals surface area contributed by atoms with Crippen molar-refractivity contribution in [3.8, 4) is 5.75 Å². The Morgan fingerprint density at radius 2 is 2.00 bits per heavy atom. The number of halogens is 2. The first-order valence-corrected chi connectivity index (χ1v) is 9.60. The van der Waals surface area contributed by atoms with Crippen LogP contribution in [0.4, 0.5) is 9.18 Å². The van der Waals surface area contributed by atoms with Crippen molar-refractivity contribution in [3.05, 3.63) is 69.3 Å². The zero-order valence-corrected chi connectivity index (χ0v) is 16.1. The van der Waals surface area contributed by atoms with E-state index in [1.165, 1.54) is 17.0 Å². The van der Waals surface area contributed by atoms with Gasteiger partial charge in [-0.05, 0) is 54.1 Å². The molecule has 0 aromatic heterocycles. The molecule has 2 amide bonds. The third-order valence-electron chi connectivity index (χ3n) is 3.92. The van der Waals surface area contributed by atoms with Gasteiger partial charge in [-0.2, -0.15) is 0 Å². The van der Waals surface area contributed by atoms with Gasteiger partial charge in [0.05, 0.1) is 9.93 Å². The molecule has 0 N–H and O–H groups in total. The molecule has 0 unspecified atom stereocenters. The first-order chi connectivity index (χ1) is 13.0. The van der Waals surface area contributed by atoms with Crippen molar-refractivity contribution < 1.29 is 18.7 Å². The fourth-order valence-electron chi connectivity index (χ4n) is 2.59. The summed E-state index contributed by atoms with van der Waals surface area (Å²) < 4.78 is 19.5. The van der Waals surface area contributed by atoms with Crippen molar-refractivity contribution in [3.63, 3.8) is 0 Å². The minimum Gasteiger partial charge on any atom is -0.489 e.